The van der Waals surface area contributed by atoms with E-state index in [0.717, 1.165) is 32.5 Å². The summed E-state index contributed by atoms with van der Waals surface area (Å²) >= 11 is 0. The lowest BCUT2D eigenvalue weighted by atomic mass is 10.1. The van der Waals surface area contributed by atoms with Crippen molar-refractivity contribution in [3.8, 4) is 0 Å². The van der Waals surface area contributed by atoms with Gasteiger partial charge in [-0.2, -0.15) is 0 Å². The number of methoxy groups -OCH3 is 1. The molecule has 3 nitrogen and oxygen atoms in total. The molecule has 1 heterocycles. The van der Waals surface area contributed by atoms with Crippen LogP contribution >= 0.6 is 0 Å². The van der Waals surface area contributed by atoms with Crippen LogP contribution in [0.4, 0.5) is 0 Å². The van der Waals surface area contributed by atoms with E-state index in [1.165, 1.54) is 22.2 Å². The van der Waals surface area contributed by atoms with Crippen LogP contribution in [0.2, 0.25) is 0 Å². The molecule has 2 aromatic rings. The number of para-hydroxylation sites is 1. The normalized spacial score (nSPS) is 11.3. The van der Waals surface area contributed by atoms with Crippen molar-refractivity contribution < 1.29 is 4.74 Å². The van der Waals surface area contributed by atoms with Gasteiger partial charge in [-0.25, -0.2) is 0 Å². The molecule has 2 rings (SSSR count). The first-order valence-electron chi connectivity index (χ1n) is 6.55. The highest BCUT2D eigenvalue weighted by Gasteiger charge is 2.12. The zero-order valence-corrected chi connectivity index (χ0v) is 11.3. The zero-order chi connectivity index (χ0) is 13.0. The maximum absolute atomic E-state index is 5.63. The average Bonchev–Trinajstić information content (AvgIpc) is 2.66. The molecule has 0 spiro atoms. The number of benzene rings is 1. The minimum atomic E-state index is 0.746. The van der Waals surface area contributed by atoms with Crippen molar-refractivity contribution in [2.45, 2.75) is 26.3 Å². The van der Waals surface area contributed by atoms with Crippen molar-refractivity contribution in [2.75, 3.05) is 20.3 Å². The lowest BCUT2D eigenvalue weighted by Crippen LogP contribution is -2.06. The van der Waals surface area contributed by atoms with Crippen molar-refractivity contribution in [1.82, 2.24) is 4.57 Å². The molecule has 0 aliphatic rings. The molecule has 0 saturated carbocycles. The number of hydrogen-bond acceptors (Lipinski definition) is 2. The van der Waals surface area contributed by atoms with Crippen LogP contribution in [0.3, 0.4) is 0 Å². The van der Waals surface area contributed by atoms with Crippen LogP contribution in [0.15, 0.2) is 24.3 Å². The van der Waals surface area contributed by atoms with Crippen molar-refractivity contribution in [3.63, 3.8) is 0 Å². The van der Waals surface area contributed by atoms with Crippen LogP contribution in [0, 0.1) is 6.92 Å². The topological polar surface area (TPSA) is 40.2 Å². The minimum Gasteiger partial charge on any atom is -0.383 e. The zero-order valence-electron chi connectivity index (χ0n) is 11.3. The molecule has 0 radical (unpaired) electrons. The summed E-state index contributed by atoms with van der Waals surface area (Å²) in [4.78, 5) is 0. The standard InChI is InChI=1S/C15H22N2O/c1-12-13(7-5-9-16)14-6-3-4-8-15(14)17(12)10-11-18-2/h3-4,6,8H,5,7,9-11,16H2,1-2H3. The Bertz CT molecular complexity index is 471. The highest BCUT2D eigenvalue weighted by Crippen LogP contribution is 2.26. The molecule has 0 bridgehead atoms. The highest BCUT2D eigenvalue weighted by atomic mass is 16.5. The van der Waals surface area contributed by atoms with Gasteiger partial charge in [-0.1, -0.05) is 18.2 Å². The largest absolute Gasteiger partial charge is 0.383 e. The molecule has 0 saturated heterocycles. The number of fused-ring (bicyclic) bond motifs is 1. The molecule has 0 aliphatic carbocycles. The van der Waals surface area contributed by atoms with Crippen LogP contribution in [0.5, 0.6) is 0 Å². The molecule has 0 aliphatic heterocycles. The molecular formula is C15H22N2O. The summed E-state index contributed by atoms with van der Waals surface area (Å²) in [7, 11) is 1.75. The summed E-state index contributed by atoms with van der Waals surface area (Å²) in [5.74, 6) is 0. The Labute approximate surface area is 109 Å². The first kappa shape index (κ1) is 13.1. The third-order valence-electron chi connectivity index (χ3n) is 3.51. The Morgan fingerprint density at radius 2 is 2.06 bits per heavy atom. The summed E-state index contributed by atoms with van der Waals surface area (Å²) in [6.07, 6.45) is 2.10. The maximum Gasteiger partial charge on any atom is 0.0642 e. The molecule has 0 fully saturated rings. The van der Waals surface area contributed by atoms with Gasteiger partial charge in [0, 0.05) is 30.3 Å². The number of aryl methyl sites for hydroxylation is 1. The van der Waals surface area contributed by atoms with Crippen molar-refractivity contribution in [1.29, 1.82) is 0 Å². The second kappa shape index (κ2) is 6.03. The fourth-order valence-corrected chi connectivity index (χ4v) is 2.57. The van der Waals surface area contributed by atoms with E-state index in [9.17, 15) is 0 Å². The van der Waals surface area contributed by atoms with Gasteiger partial charge >= 0.3 is 0 Å². The summed E-state index contributed by atoms with van der Waals surface area (Å²) in [5.41, 5.74) is 9.72. The fraction of sp³-hybridized carbons (Fsp3) is 0.467. The van der Waals surface area contributed by atoms with Crippen molar-refractivity contribution in [3.05, 3.63) is 35.5 Å². The van der Waals surface area contributed by atoms with E-state index < -0.39 is 0 Å². The van der Waals surface area contributed by atoms with Gasteiger partial charge in [0.25, 0.3) is 0 Å². The second-order valence-electron chi connectivity index (χ2n) is 4.62. The van der Waals surface area contributed by atoms with Crippen LogP contribution in [0.25, 0.3) is 10.9 Å². The van der Waals surface area contributed by atoms with E-state index in [1.807, 2.05) is 0 Å². The van der Waals surface area contributed by atoms with Gasteiger partial charge in [-0.15, -0.1) is 0 Å². The third-order valence-corrected chi connectivity index (χ3v) is 3.51. The quantitative estimate of drug-likeness (QED) is 0.850. The van der Waals surface area contributed by atoms with Crippen molar-refractivity contribution in [2.24, 2.45) is 5.73 Å². The minimum absolute atomic E-state index is 0.746. The van der Waals surface area contributed by atoms with E-state index >= 15 is 0 Å². The van der Waals surface area contributed by atoms with Crippen molar-refractivity contribution >= 4 is 10.9 Å². The van der Waals surface area contributed by atoms with Gasteiger partial charge in [0.15, 0.2) is 0 Å². The van der Waals surface area contributed by atoms with Crippen LogP contribution in [-0.4, -0.2) is 24.8 Å². The predicted octanol–water partition coefficient (Wildman–Crippen LogP) is 2.49. The van der Waals surface area contributed by atoms with Gasteiger partial charge in [0.05, 0.1) is 6.61 Å². The first-order chi connectivity index (χ1) is 8.79. The Kier molecular flexibility index (Phi) is 4.39. The smallest absolute Gasteiger partial charge is 0.0642 e. The number of hydrogen-bond donors (Lipinski definition) is 1. The molecule has 98 valence electrons. The SMILES string of the molecule is COCCn1c(C)c(CCCN)c2ccccc21. The highest BCUT2D eigenvalue weighted by molar-refractivity contribution is 5.85. The van der Waals surface area contributed by atoms with Gasteiger partial charge in [-0.3, -0.25) is 0 Å². The van der Waals surface area contributed by atoms with E-state index in [0.29, 0.717) is 0 Å². The Morgan fingerprint density at radius 3 is 2.78 bits per heavy atom. The van der Waals surface area contributed by atoms with E-state index in [4.69, 9.17) is 10.5 Å². The van der Waals surface area contributed by atoms with Crippen LogP contribution in [0.1, 0.15) is 17.7 Å². The summed E-state index contributed by atoms with van der Waals surface area (Å²) < 4.78 is 7.55. The molecule has 18 heavy (non-hydrogen) atoms. The van der Waals surface area contributed by atoms with E-state index in [1.54, 1.807) is 7.11 Å². The predicted molar refractivity (Wildman–Crippen MR) is 75.9 cm³/mol. The molecule has 0 amide bonds. The van der Waals surface area contributed by atoms with Gasteiger partial charge in [-0.05, 0) is 37.9 Å². The maximum atomic E-state index is 5.63. The Balaban J connectivity index is 2.45. The molecule has 0 atom stereocenters. The number of rotatable bonds is 6. The summed E-state index contributed by atoms with van der Waals surface area (Å²) in [5, 5.41) is 1.36. The van der Waals surface area contributed by atoms with Crippen LogP contribution < -0.4 is 5.73 Å². The Morgan fingerprint density at radius 1 is 1.28 bits per heavy atom. The lowest BCUT2D eigenvalue weighted by Gasteiger charge is -2.07. The lowest BCUT2D eigenvalue weighted by molar-refractivity contribution is 0.188. The third kappa shape index (κ3) is 2.42. The molecule has 1 aromatic heterocycles. The fourth-order valence-electron chi connectivity index (χ4n) is 2.57. The summed E-state index contributed by atoms with van der Waals surface area (Å²) in [6.45, 7) is 4.60. The average molecular weight is 246 g/mol. The molecule has 3 heteroatoms. The van der Waals surface area contributed by atoms with E-state index in [2.05, 4.69) is 35.8 Å². The number of nitrogens with two attached hydrogens (primary N) is 1. The number of ether oxygens (including phenoxy) is 1. The second-order valence-corrected chi connectivity index (χ2v) is 4.62. The number of nitrogens with zero attached hydrogens (tertiary/aromatic N) is 1. The first-order valence-corrected chi connectivity index (χ1v) is 6.55. The van der Waals surface area contributed by atoms with Gasteiger partial charge in [0.2, 0.25) is 0 Å². The number of aromatic nitrogens is 1. The van der Waals surface area contributed by atoms with Crippen LogP contribution in [-0.2, 0) is 17.7 Å². The van der Waals surface area contributed by atoms with Gasteiger partial charge < -0.3 is 15.0 Å². The van der Waals surface area contributed by atoms with E-state index in [-0.39, 0.29) is 0 Å². The molecular weight excluding hydrogens is 224 g/mol. The monoisotopic (exact) mass is 246 g/mol. The van der Waals surface area contributed by atoms with Gasteiger partial charge in [0.1, 0.15) is 0 Å². The molecule has 0 unspecified atom stereocenters. The Hall–Kier alpha value is -1.32. The molecule has 2 N–H and O–H groups in total. The summed E-state index contributed by atoms with van der Waals surface area (Å²) in [6, 6.07) is 8.59. The molecule has 1 aromatic carbocycles.